The molecule has 8 nitrogen and oxygen atoms in total. The van der Waals surface area contributed by atoms with E-state index < -0.39 is 11.8 Å². The number of nitrogens with zero attached hydrogens (tertiary/aromatic N) is 1. The highest BCUT2D eigenvalue weighted by Gasteiger charge is 2.31. The fourth-order valence-electron chi connectivity index (χ4n) is 2.73. The van der Waals surface area contributed by atoms with Crippen LogP contribution in [0.2, 0.25) is 0 Å². The molecule has 0 spiro atoms. The van der Waals surface area contributed by atoms with Gasteiger partial charge in [-0.05, 0) is 13.3 Å². The number of aryl methyl sites for hydroxylation is 2. The lowest BCUT2D eigenvalue weighted by Gasteiger charge is -2.10. The minimum absolute atomic E-state index is 0.0287. The molecule has 2 aromatic heterocycles. The number of furan rings is 1. The van der Waals surface area contributed by atoms with E-state index in [2.05, 4.69) is 15.6 Å². The molecule has 0 saturated heterocycles. The maximum atomic E-state index is 12.7. The topological polar surface area (TPSA) is 127 Å². The van der Waals surface area contributed by atoms with Gasteiger partial charge in [0, 0.05) is 19.9 Å². The molecule has 2 aromatic rings. The van der Waals surface area contributed by atoms with Crippen molar-refractivity contribution in [2.24, 2.45) is 5.73 Å². The molecule has 4 N–H and O–H groups in total. The van der Waals surface area contributed by atoms with Crippen molar-refractivity contribution >= 4 is 39.1 Å². The summed E-state index contributed by atoms with van der Waals surface area (Å²) in [6, 6.07) is 0. The van der Waals surface area contributed by atoms with Crippen LogP contribution in [0.3, 0.4) is 0 Å². The Kier molecular flexibility index (Phi) is 4.10. The molecule has 1 aliphatic carbocycles. The minimum Gasteiger partial charge on any atom is -0.465 e. The van der Waals surface area contributed by atoms with Crippen molar-refractivity contribution in [3.63, 3.8) is 0 Å². The first-order valence-electron chi connectivity index (χ1n) is 7.37. The summed E-state index contributed by atoms with van der Waals surface area (Å²) in [5.74, 6) is -0.434. The van der Waals surface area contributed by atoms with Gasteiger partial charge in [-0.25, -0.2) is 4.98 Å². The molecule has 0 unspecified atom stereocenters. The highest BCUT2D eigenvalue weighted by Crippen LogP contribution is 2.32. The van der Waals surface area contributed by atoms with Gasteiger partial charge in [0.05, 0.1) is 11.1 Å². The predicted molar refractivity (Wildman–Crippen MR) is 88.8 cm³/mol. The highest BCUT2D eigenvalue weighted by molar-refractivity contribution is 7.20. The zero-order valence-electron chi connectivity index (χ0n) is 13.2. The maximum Gasteiger partial charge on any atom is 0.270 e. The van der Waals surface area contributed by atoms with Crippen LogP contribution in [0, 0.1) is 6.92 Å². The molecular weight excluding hydrogens is 332 g/mol. The number of nitrogens with two attached hydrogens (primary N) is 1. The quantitative estimate of drug-likeness (QED) is 0.775. The number of primary amides is 1. The Morgan fingerprint density at radius 3 is 2.75 bits per heavy atom. The Morgan fingerprint density at radius 1 is 1.33 bits per heavy atom. The van der Waals surface area contributed by atoms with Crippen LogP contribution in [-0.4, -0.2) is 29.6 Å². The summed E-state index contributed by atoms with van der Waals surface area (Å²) in [6.07, 6.45) is 1.74. The van der Waals surface area contributed by atoms with Gasteiger partial charge in [0.1, 0.15) is 16.5 Å². The van der Waals surface area contributed by atoms with E-state index in [9.17, 15) is 14.4 Å². The summed E-state index contributed by atoms with van der Waals surface area (Å²) >= 11 is 1.09. The van der Waals surface area contributed by atoms with Crippen LogP contribution < -0.4 is 16.4 Å². The largest absolute Gasteiger partial charge is 0.465 e. The van der Waals surface area contributed by atoms with Gasteiger partial charge in [-0.1, -0.05) is 11.3 Å². The molecular formula is C15H16N4O4S. The standard InChI is InChI=1S/C15H16N4O4S/c1-6-9(10-7(20)4-3-5-8(10)23-6)13(22)19-14-11(12(16)21)18-15(17-2)24-14/h3-5H2,1-2H3,(H2,16,21)(H,17,18)(H,19,22). The van der Waals surface area contributed by atoms with Crippen LogP contribution in [-0.2, 0) is 6.42 Å². The third-order valence-corrected chi connectivity index (χ3v) is 4.76. The number of aromatic nitrogens is 1. The van der Waals surface area contributed by atoms with E-state index in [-0.39, 0.29) is 22.0 Å². The normalized spacial score (nSPS) is 13.5. The average molecular weight is 348 g/mol. The first-order valence-corrected chi connectivity index (χ1v) is 8.19. The van der Waals surface area contributed by atoms with Crippen LogP contribution in [0.25, 0.3) is 0 Å². The minimum atomic E-state index is -0.745. The van der Waals surface area contributed by atoms with Crippen molar-refractivity contribution in [3.05, 3.63) is 28.3 Å². The molecule has 126 valence electrons. The van der Waals surface area contributed by atoms with Gasteiger partial charge < -0.3 is 20.8 Å². The van der Waals surface area contributed by atoms with Crippen LogP contribution in [0.15, 0.2) is 4.42 Å². The number of amides is 2. The van der Waals surface area contributed by atoms with Gasteiger partial charge in [-0.3, -0.25) is 14.4 Å². The van der Waals surface area contributed by atoms with E-state index in [0.29, 0.717) is 41.5 Å². The lowest BCUT2D eigenvalue weighted by atomic mass is 9.93. The van der Waals surface area contributed by atoms with Gasteiger partial charge in [-0.2, -0.15) is 0 Å². The summed E-state index contributed by atoms with van der Waals surface area (Å²) in [5.41, 5.74) is 5.82. The van der Waals surface area contributed by atoms with Gasteiger partial charge in [0.2, 0.25) is 0 Å². The second-order valence-corrected chi connectivity index (χ2v) is 6.37. The third-order valence-electron chi connectivity index (χ3n) is 3.77. The van der Waals surface area contributed by atoms with Crippen molar-refractivity contribution < 1.29 is 18.8 Å². The molecule has 1 aliphatic rings. The molecule has 0 fully saturated rings. The molecule has 3 rings (SSSR count). The van der Waals surface area contributed by atoms with Crippen molar-refractivity contribution in [2.45, 2.75) is 26.2 Å². The zero-order chi connectivity index (χ0) is 17.4. The second-order valence-electron chi connectivity index (χ2n) is 5.37. The third kappa shape index (κ3) is 2.67. The number of ketones is 1. The number of carbonyl (C=O) groups excluding carboxylic acids is 3. The van der Waals surface area contributed by atoms with Crippen molar-refractivity contribution in [1.29, 1.82) is 0 Å². The second kappa shape index (κ2) is 6.08. The van der Waals surface area contributed by atoms with Crippen molar-refractivity contribution in [1.82, 2.24) is 4.98 Å². The number of Topliss-reactive ketones (excluding diaryl/α,β-unsaturated/α-hetero) is 1. The summed E-state index contributed by atoms with van der Waals surface area (Å²) in [4.78, 5) is 40.3. The molecule has 0 saturated carbocycles. The van der Waals surface area contributed by atoms with Gasteiger partial charge in [0.15, 0.2) is 16.6 Å². The zero-order valence-corrected chi connectivity index (χ0v) is 14.0. The van der Waals surface area contributed by atoms with Crippen molar-refractivity contribution in [3.8, 4) is 0 Å². The molecule has 2 heterocycles. The number of nitrogens with one attached hydrogen (secondary N) is 2. The number of thiazole rings is 1. The molecule has 0 aliphatic heterocycles. The first kappa shape index (κ1) is 16.2. The van der Waals surface area contributed by atoms with Crippen molar-refractivity contribution in [2.75, 3.05) is 17.7 Å². The number of hydrogen-bond acceptors (Lipinski definition) is 7. The van der Waals surface area contributed by atoms with E-state index in [1.807, 2.05) is 0 Å². The highest BCUT2D eigenvalue weighted by atomic mass is 32.1. The van der Waals surface area contributed by atoms with E-state index in [1.54, 1.807) is 14.0 Å². The average Bonchev–Trinajstić information content (AvgIpc) is 3.08. The van der Waals surface area contributed by atoms with E-state index in [1.165, 1.54) is 0 Å². The van der Waals surface area contributed by atoms with Crippen LogP contribution in [0.4, 0.5) is 10.1 Å². The molecule has 9 heteroatoms. The number of hydrogen-bond donors (Lipinski definition) is 3. The fourth-order valence-corrected chi connectivity index (χ4v) is 3.54. The molecule has 2 amide bonds. The van der Waals surface area contributed by atoms with E-state index in [0.717, 1.165) is 11.3 Å². The summed E-state index contributed by atoms with van der Waals surface area (Å²) in [7, 11) is 1.64. The Balaban J connectivity index is 1.97. The number of carbonyl (C=O) groups is 3. The van der Waals surface area contributed by atoms with E-state index >= 15 is 0 Å². The molecule has 0 bridgehead atoms. The number of anilines is 2. The summed E-state index contributed by atoms with van der Waals surface area (Å²) in [5, 5.41) is 6.10. The summed E-state index contributed by atoms with van der Waals surface area (Å²) < 4.78 is 5.57. The Hall–Kier alpha value is -2.68. The smallest absolute Gasteiger partial charge is 0.270 e. The van der Waals surface area contributed by atoms with Gasteiger partial charge in [-0.15, -0.1) is 0 Å². The van der Waals surface area contributed by atoms with Crippen LogP contribution in [0.1, 0.15) is 55.6 Å². The molecule has 0 aromatic carbocycles. The number of fused-ring (bicyclic) bond motifs is 1. The molecule has 0 atom stereocenters. The Morgan fingerprint density at radius 2 is 2.08 bits per heavy atom. The van der Waals surface area contributed by atoms with E-state index in [4.69, 9.17) is 10.2 Å². The molecule has 0 radical (unpaired) electrons. The van der Waals surface area contributed by atoms with Gasteiger partial charge in [0.25, 0.3) is 11.8 Å². The lowest BCUT2D eigenvalue weighted by Crippen LogP contribution is -2.20. The lowest BCUT2D eigenvalue weighted by molar-refractivity contribution is 0.0953. The SMILES string of the molecule is CNc1nc(C(N)=O)c(NC(=O)c2c(C)oc3c2C(=O)CCC3)s1. The summed E-state index contributed by atoms with van der Waals surface area (Å²) in [6.45, 7) is 1.64. The van der Waals surface area contributed by atoms with Crippen LogP contribution in [0.5, 0.6) is 0 Å². The number of rotatable bonds is 4. The monoisotopic (exact) mass is 348 g/mol. The molecule has 24 heavy (non-hydrogen) atoms. The predicted octanol–water partition coefficient (Wildman–Crippen LogP) is 1.96. The Labute approximate surface area is 141 Å². The Bertz CT molecular complexity index is 852. The fraction of sp³-hybridized carbons (Fsp3) is 0.333. The van der Waals surface area contributed by atoms with Crippen LogP contribution >= 0.6 is 11.3 Å². The van der Waals surface area contributed by atoms with Gasteiger partial charge >= 0.3 is 0 Å². The maximum absolute atomic E-state index is 12.7. The first-order chi connectivity index (χ1) is 11.4.